The first-order valence-electron chi connectivity index (χ1n) is 19.0. The molecule has 0 N–H and O–H groups in total. The largest absolute Gasteiger partial charge is 0.436 e. The first kappa shape index (κ1) is 34.6. The summed E-state index contributed by atoms with van der Waals surface area (Å²) >= 11 is 0. The van der Waals surface area contributed by atoms with E-state index < -0.39 is 0 Å². The molecule has 0 radical (unpaired) electrons. The van der Waals surface area contributed by atoms with Crippen LogP contribution in [0.25, 0.3) is 113 Å². The molecule has 12 heteroatoms. The van der Waals surface area contributed by atoms with Crippen LogP contribution in [0.4, 0.5) is 0 Å². The maximum absolute atomic E-state index is 5.99. The Labute approximate surface area is 339 Å². The van der Waals surface area contributed by atoms with E-state index in [0.29, 0.717) is 46.3 Å². The van der Waals surface area contributed by atoms with Crippen molar-refractivity contribution in [1.82, 2.24) is 39.9 Å². The molecule has 284 valence electrons. The first-order valence-corrected chi connectivity index (χ1v) is 19.0. The second kappa shape index (κ2) is 14.7. The molecule has 0 fully saturated rings. The van der Waals surface area contributed by atoms with Crippen molar-refractivity contribution in [1.29, 1.82) is 0 Å². The third-order valence-corrected chi connectivity index (χ3v) is 9.78. The van der Waals surface area contributed by atoms with Crippen molar-refractivity contribution in [2.75, 3.05) is 0 Å². The van der Waals surface area contributed by atoms with E-state index in [2.05, 4.69) is 39.9 Å². The lowest BCUT2D eigenvalue weighted by Gasteiger charge is -2.08. The van der Waals surface area contributed by atoms with Gasteiger partial charge in [-0.1, -0.05) is 48.5 Å². The number of rotatable bonds is 6. The van der Waals surface area contributed by atoms with E-state index in [1.165, 1.54) is 0 Å². The number of para-hydroxylation sites is 8. The van der Waals surface area contributed by atoms with Gasteiger partial charge in [-0.3, -0.25) is 19.9 Å². The quantitative estimate of drug-likeness (QED) is 0.158. The van der Waals surface area contributed by atoms with Gasteiger partial charge in [-0.25, -0.2) is 19.9 Å². The zero-order chi connectivity index (χ0) is 39.8. The summed E-state index contributed by atoms with van der Waals surface area (Å²) in [5, 5.41) is 0. The Morgan fingerprint density at radius 1 is 0.250 bits per heavy atom. The van der Waals surface area contributed by atoms with Crippen LogP contribution in [-0.2, 0) is 0 Å². The van der Waals surface area contributed by atoms with Gasteiger partial charge in [0, 0.05) is 24.8 Å². The minimum absolute atomic E-state index is 0.494. The maximum atomic E-state index is 5.99. The Balaban J connectivity index is 0.000000136. The van der Waals surface area contributed by atoms with E-state index in [4.69, 9.17) is 17.7 Å². The lowest BCUT2D eigenvalue weighted by Crippen LogP contribution is -1.94. The van der Waals surface area contributed by atoms with Gasteiger partial charge in [0.05, 0.1) is 22.3 Å². The van der Waals surface area contributed by atoms with Crippen molar-refractivity contribution in [3.8, 4) is 68.6 Å². The summed E-state index contributed by atoms with van der Waals surface area (Å²) in [6.45, 7) is 0. The summed E-state index contributed by atoms with van der Waals surface area (Å²) in [7, 11) is 0. The first-order chi connectivity index (χ1) is 29.7. The van der Waals surface area contributed by atoms with Gasteiger partial charge in [0.15, 0.2) is 22.3 Å². The highest BCUT2D eigenvalue weighted by molar-refractivity contribution is 5.89. The van der Waals surface area contributed by atoms with Gasteiger partial charge in [-0.2, -0.15) is 0 Å². The average molecular weight is 781 g/mol. The smallest absolute Gasteiger partial charge is 0.229 e. The molecule has 12 nitrogen and oxygen atoms in total. The van der Waals surface area contributed by atoms with Crippen LogP contribution in [0, 0.1) is 0 Å². The average Bonchev–Trinajstić information content (AvgIpc) is 4.14. The molecule has 60 heavy (non-hydrogen) atoms. The van der Waals surface area contributed by atoms with E-state index in [9.17, 15) is 0 Å². The predicted molar refractivity (Wildman–Crippen MR) is 227 cm³/mol. The minimum atomic E-state index is 0.494. The van der Waals surface area contributed by atoms with Gasteiger partial charge < -0.3 is 17.7 Å². The molecule has 4 aromatic carbocycles. The van der Waals surface area contributed by atoms with Crippen LogP contribution < -0.4 is 0 Å². The van der Waals surface area contributed by atoms with Gasteiger partial charge in [-0.05, 0) is 97.1 Å². The van der Waals surface area contributed by atoms with Crippen molar-refractivity contribution < 1.29 is 17.7 Å². The number of pyridine rings is 4. The van der Waals surface area contributed by atoms with Crippen molar-refractivity contribution in [2.24, 2.45) is 0 Å². The Morgan fingerprint density at radius 3 is 0.717 bits per heavy atom. The molecular formula is C48H28N8O4. The summed E-state index contributed by atoms with van der Waals surface area (Å²) in [6.07, 6.45) is 6.91. The van der Waals surface area contributed by atoms with E-state index in [1.54, 1.807) is 24.8 Å². The molecule has 8 heterocycles. The highest BCUT2D eigenvalue weighted by atomic mass is 16.4. The van der Waals surface area contributed by atoms with Crippen LogP contribution in [-0.4, -0.2) is 39.9 Å². The summed E-state index contributed by atoms with van der Waals surface area (Å²) in [5.41, 5.74) is 11.7. The molecule has 0 aliphatic rings. The molecule has 0 aliphatic carbocycles. The number of benzene rings is 4. The van der Waals surface area contributed by atoms with Crippen LogP contribution in [0.5, 0.6) is 0 Å². The summed E-state index contributed by atoms with van der Waals surface area (Å²) in [4.78, 5) is 36.9. The van der Waals surface area contributed by atoms with E-state index >= 15 is 0 Å². The molecule has 0 unspecified atom stereocenters. The summed E-state index contributed by atoms with van der Waals surface area (Å²) in [6, 6.07) is 45.8. The van der Waals surface area contributed by atoms with Crippen LogP contribution in [0.1, 0.15) is 0 Å². The van der Waals surface area contributed by atoms with Crippen molar-refractivity contribution in [3.63, 3.8) is 0 Å². The number of oxazole rings is 4. The minimum Gasteiger partial charge on any atom is -0.436 e. The van der Waals surface area contributed by atoms with Crippen molar-refractivity contribution in [3.05, 3.63) is 170 Å². The summed E-state index contributed by atoms with van der Waals surface area (Å²) in [5.74, 6) is 1.98. The molecule has 0 atom stereocenters. The Kier molecular flexibility index (Phi) is 8.48. The molecule has 0 saturated carbocycles. The molecular weight excluding hydrogens is 753 g/mol. The van der Waals surface area contributed by atoms with Crippen molar-refractivity contribution >= 4 is 44.4 Å². The lowest BCUT2D eigenvalue weighted by molar-refractivity contribution is 0.618. The van der Waals surface area contributed by atoms with Gasteiger partial charge in [0.25, 0.3) is 0 Å². The number of hydrogen-bond donors (Lipinski definition) is 0. The second-order valence-electron chi connectivity index (χ2n) is 13.5. The molecule has 12 rings (SSSR count). The highest BCUT2D eigenvalue weighted by Crippen LogP contribution is 2.38. The predicted octanol–water partition coefficient (Wildman–Crippen LogP) is 11.5. The molecule has 0 aliphatic heterocycles. The third kappa shape index (κ3) is 6.30. The number of nitrogens with zero attached hydrogens (tertiary/aromatic N) is 8. The fourth-order valence-corrected chi connectivity index (χ4v) is 7.02. The maximum Gasteiger partial charge on any atom is 0.229 e. The molecule has 0 spiro atoms. The number of hydrogen-bond acceptors (Lipinski definition) is 12. The Bertz CT molecular complexity index is 2900. The van der Waals surface area contributed by atoms with E-state index in [1.807, 2.05) is 146 Å². The number of aromatic nitrogens is 8. The monoisotopic (exact) mass is 780 g/mol. The normalized spacial score (nSPS) is 11.3. The van der Waals surface area contributed by atoms with Gasteiger partial charge >= 0.3 is 0 Å². The lowest BCUT2D eigenvalue weighted by atomic mass is 10.1. The molecule has 8 aromatic heterocycles. The third-order valence-electron chi connectivity index (χ3n) is 9.78. The molecule has 0 bridgehead atoms. The Hall–Kier alpha value is -8.64. The zero-order valence-corrected chi connectivity index (χ0v) is 31.4. The van der Waals surface area contributed by atoms with E-state index in [-0.39, 0.29) is 0 Å². The standard InChI is InChI=1S/2C24H14N4O2/c2*1-3-11-19-17(9-1)27-23(29-19)15-7-5-13-25-21(15)22-16(8-6-14-26-22)24-28-18-10-2-4-12-20(18)30-24/h2*1-14H. The summed E-state index contributed by atoms with van der Waals surface area (Å²) < 4.78 is 24.0. The topological polar surface area (TPSA) is 156 Å². The second-order valence-corrected chi connectivity index (χ2v) is 13.5. The van der Waals surface area contributed by atoms with E-state index in [0.717, 1.165) is 66.7 Å². The van der Waals surface area contributed by atoms with Gasteiger partial charge in [-0.15, -0.1) is 0 Å². The number of fused-ring (bicyclic) bond motifs is 4. The molecule has 0 saturated heterocycles. The van der Waals surface area contributed by atoms with Crippen LogP contribution in [0.15, 0.2) is 188 Å². The van der Waals surface area contributed by atoms with Crippen molar-refractivity contribution in [2.45, 2.75) is 0 Å². The fraction of sp³-hybridized carbons (Fsp3) is 0. The van der Waals surface area contributed by atoms with Crippen LogP contribution in [0.2, 0.25) is 0 Å². The fourth-order valence-electron chi connectivity index (χ4n) is 7.02. The Morgan fingerprint density at radius 2 is 0.483 bits per heavy atom. The molecule has 12 aromatic rings. The zero-order valence-electron chi connectivity index (χ0n) is 31.4. The SMILES string of the molecule is c1cnc(-c2ncccc2-c2nc3ccccc3o2)c(-c2nc3ccccc3o2)c1.c1cnc(-c2ncccc2-c2nc3ccccc3o2)c(-c2nc3ccccc3o2)c1. The molecule has 0 amide bonds. The van der Waals surface area contributed by atoms with Gasteiger partial charge in [0.2, 0.25) is 23.6 Å². The van der Waals surface area contributed by atoms with Crippen LogP contribution >= 0.6 is 0 Å². The highest BCUT2D eigenvalue weighted by Gasteiger charge is 2.23. The van der Waals surface area contributed by atoms with Crippen LogP contribution in [0.3, 0.4) is 0 Å². The van der Waals surface area contributed by atoms with Gasteiger partial charge in [0.1, 0.15) is 44.8 Å².